The fourth-order valence-corrected chi connectivity index (χ4v) is 3.98. The van der Waals surface area contributed by atoms with E-state index in [0.717, 1.165) is 16.0 Å². The van der Waals surface area contributed by atoms with E-state index in [2.05, 4.69) is 10.4 Å². The number of halogens is 1. The third-order valence-electron chi connectivity index (χ3n) is 4.76. The van der Waals surface area contributed by atoms with E-state index in [1.54, 1.807) is 35.1 Å². The third-order valence-corrected chi connectivity index (χ3v) is 5.70. The smallest absolute Gasteiger partial charge is 0.338 e. The maximum Gasteiger partial charge on any atom is 0.338 e. The maximum atomic E-state index is 13.3. The Balaban J connectivity index is 1.34. The average molecular weight is 450 g/mol. The number of ether oxygens (including phenoxy) is 1. The number of carbonyl (C=O) groups excluding carboxylic acids is 2. The van der Waals surface area contributed by atoms with Gasteiger partial charge in [0.2, 0.25) is 0 Å². The lowest BCUT2D eigenvalue weighted by Gasteiger charge is -2.18. The summed E-state index contributed by atoms with van der Waals surface area (Å²) in [5.74, 6) is -1.38. The molecule has 1 amide bonds. The number of amides is 1. The van der Waals surface area contributed by atoms with Crippen molar-refractivity contribution < 1.29 is 18.7 Å². The largest absolute Gasteiger partial charge is 0.452 e. The fraction of sp³-hybridized carbons (Fsp3) is 0.125. The molecule has 0 fully saturated rings. The molecule has 0 aliphatic rings. The van der Waals surface area contributed by atoms with Gasteiger partial charge < -0.3 is 10.1 Å². The van der Waals surface area contributed by atoms with Crippen molar-refractivity contribution in [1.29, 1.82) is 0 Å². The highest BCUT2D eigenvalue weighted by molar-refractivity contribution is 7.10. The van der Waals surface area contributed by atoms with Gasteiger partial charge in [-0.2, -0.15) is 5.10 Å². The van der Waals surface area contributed by atoms with Gasteiger partial charge in [0.1, 0.15) is 5.82 Å². The number of nitrogens with zero attached hydrogens (tertiary/aromatic N) is 2. The molecule has 4 aromatic rings. The molecule has 4 rings (SSSR count). The molecule has 2 aromatic heterocycles. The Morgan fingerprint density at radius 1 is 1.06 bits per heavy atom. The van der Waals surface area contributed by atoms with Crippen LogP contribution in [0, 0.1) is 5.82 Å². The first-order valence-electron chi connectivity index (χ1n) is 9.90. The van der Waals surface area contributed by atoms with E-state index in [-0.39, 0.29) is 5.82 Å². The van der Waals surface area contributed by atoms with Crippen LogP contribution in [0.3, 0.4) is 0 Å². The number of nitrogens with one attached hydrogen (secondary N) is 1. The highest BCUT2D eigenvalue weighted by atomic mass is 32.1. The van der Waals surface area contributed by atoms with Crippen LogP contribution in [0.25, 0.3) is 0 Å². The first-order chi connectivity index (χ1) is 15.6. The molecule has 0 bridgehead atoms. The van der Waals surface area contributed by atoms with Gasteiger partial charge in [-0.1, -0.05) is 30.3 Å². The summed E-state index contributed by atoms with van der Waals surface area (Å²) in [5.41, 5.74) is 2.08. The molecule has 0 spiro atoms. The van der Waals surface area contributed by atoms with Crippen molar-refractivity contribution in [1.82, 2.24) is 15.1 Å². The Kier molecular flexibility index (Phi) is 6.72. The molecule has 1 atom stereocenters. The summed E-state index contributed by atoms with van der Waals surface area (Å²) in [7, 11) is 0. The summed E-state index contributed by atoms with van der Waals surface area (Å²) < 4.78 is 20.3. The molecular formula is C24H20FN3O3S. The number of esters is 1. The average Bonchev–Trinajstić information content (AvgIpc) is 3.52. The van der Waals surface area contributed by atoms with Crippen molar-refractivity contribution in [3.8, 4) is 0 Å². The monoisotopic (exact) mass is 449 g/mol. The van der Waals surface area contributed by atoms with Gasteiger partial charge in [-0.3, -0.25) is 9.48 Å². The van der Waals surface area contributed by atoms with E-state index in [0.29, 0.717) is 12.1 Å². The zero-order valence-corrected chi connectivity index (χ0v) is 17.8. The number of benzene rings is 2. The quantitative estimate of drug-likeness (QED) is 0.409. The van der Waals surface area contributed by atoms with Gasteiger partial charge >= 0.3 is 5.97 Å². The number of hydrogen-bond donors (Lipinski definition) is 1. The molecule has 8 heteroatoms. The molecule has 1 unspecified atom stereocenters. The predicted octanol–water partition coefficient (Wildman–Crippen LogP) is 4.19. The SMILES string of the molecule is O=C(COC(=O)c1ccc(Cn2cccn2)cc1)NC(c1ccc(F)cc1)c1cccs1. The van der Waals surface area contributed by atoms with Gasteiger partial charge in [-0.05, 0) is 52.9 Å². The number of hydrogen-bond acceptors (Lipinski definition) is 5. The van der Waals surface area contributed by atoms with Crippen LogP contribution in [0.1, 0.15) is 32.4 Å². The van der Waals surface area contributed by atoms with Crippen LogP contribution in [-0.4, -0.2) is 28.3 Å². The summed E-state index contributed by atoms with van der Waals surface area (Å²) >= 11 is 1.47. The Morgan fingerprint density at radius 3 is 2.50 bits per heavy atom. The van der Waals surface area contributed by atoms with Crippen LogP contribution in [0.4, 0.5) is 4.39 Å². The minimum atomic E-state index is -0.583. The van der Waals surface area contributed by atoms with Crippen LogP contribution in [0.5, 0.6) is 0 Å². The Morgan fingerprint density at radius 2 is 1.84 bits per heavy atom. The molecule has 162 valence electrons. The minimum Gasteiger partial charge on any atom is -0.452 e. The first-order valence-corrected chi connectivity index (χ1v) is 10.8. The zero-order chi connectivity index (χ0) is 22.3. The Bertz CT molecular complexity index is 1160. The van der Waals surface area contributed by atoms with E-state index in [4.69, 9.17) is 4.74 Å². The van der Waals surface area contributed by atoms with Crippen LogP contribution < -0.4 is 5.32 Å². The van der Waals surface area contributed by atoms with Crippen molar-refractivity contribution in [2.75, 3.05) is 6.61 Å². The van der Waals surface area contributed by atoms with Crippen molar-refractivity contribution >= 4 is 23.2 Å². The normalized spacial score (nSPS) is 11.7. The molecule has 0 saturated heterocycles. The van der Waals surface area contributed by atoms with Gasteiger partial charge in [0.15, 0.2) is 6.61 Å². The van der Waals surface area contributed by atoms with Crippen LogP contribution in [0.15, 0.2) is 84.5 Å². The van der Waals surface area contributed by atoms with Gasteiger partial charge in [0.05, 0.1) is 18.2 Å². The van der Waals surface area contributed by atoms with Crippen LogP contribution in [0.2, 0.25) is 0 Å². The predicted molar refractivity (Wildman–Crippen MR) is 119 cm³/mol. The molecular weight excluding hydrogens is 429 g/mol. The standard InChI is InChI=1S/C24H20FN3O3S/c25-20-10-8-18(9-11-20)23(21-3-1-14-32-21)27-22(29)16-31-24(30)19-6-4-17(5-7-19)15-28-13-2-12-26-28/h1-14,23H,15-16H2,(H,27,29). The summed E-state index contributed by atoms with van der Waals surface area (Å²) in [6.07, 6.45) is 3.56. The number of rotatable bonds is 8. The maximum absolute atomic E-state index is 13.3. The van der Waals surface area contributed by atoms with Gasteiger partial charge in [-0.15, -0.1) is 11.3 Å². The van der Waals surface area contributed by atoms with E-state index in [1.165, 1.54) is 23.5 Å². The fourth-order valence-electron chi connectivity index (χ4n) is 3.17. The van der Waals surface area contributed by atoms with E-state index < -0.39 is 24.5 Å². The van der Waals surface area contributed by atoms with Crippen molar-refractivity contribution in [2.24, 2.45) is 0 Å². The lowest BCUT2D eigenvalue weighted by Crippen LogP contribution is -2.32. The van der Waals surface area contributed by atoms with Crippen molar-refractivity contribution in [2.45, 2.75) is 12.6 Å². The number of carbonyl (C=O) groups is 2. The second-order valence-electron chi connectivity index (χ2n) is 7.04. The lowest BCUT2D eigenvalue weighted by atomic mass is 10.1. The highest BCUT2D eigenvalue weighted by Crippen LogP contribution is 2.26. The van der Waals surface area contributed by atoms with Crippen molar-refractivity contribution in [3.63, 3.8) is 0 Å². The van der Waals surface area contributed by atoms with E-state index >= 15 is 0 Å². The summed E-state index contributed by atoms with van der Waals surface area (Å²) in [6.45, 7) is 0.176. The molecule has 0 aliphatic carbocycles. The van der Waals surface area contributed by atoms with Crippen LogP contribution in [-0.2, 0) is 16.1 Å². The first kappa shape index (κ1) is 21.5. The molecule has 2 heterocycles. The van der Waals surface area contributed by atoms with E-state index in [1.807, 2.05) is 41.9 Å². The van der Waals surface area contributed by atoms with Gasteiger partial charge in [0, 0.05) is 17.3 Å². The highest BCUT2D eigenvalue weighted by Gasteiger charge is 2.19. The summed E-state index contributed by atoms with van der Waals surface area (Å²) in [5, 5.41) is 8.90. The Labute approximate surface area is 188 Å². The third kappa shape index (κ3) is 5.47. The molecule has 0 aliphatic heterocycles. The van der Waals surface area contributed by atoms with Gasteiger partial charge in [0.25, 0.3) is 5.91 Å². The minimum absolute atomic E-state index is 0.352. The van der Waals surface area contributed by atoms with Crippen molar-refractivity contribution in [3.05, 3.63) is 112 Å². The summed E-state index contributed by atoms with van der Waals surface area (Å²) in [6, 6.07) is 18.0. The molecule has 1 N–H and O–H groups in total. The van der Waals surface area contributed by atoms with Gasteiger partial charge in [-0.25, -0.2) is 9.18 Å². The molecule has 2 aromatic carbocycles. The van der Waals surface area contributed by atoms with Crippen LogP contribution >= 0.6 is 11.3 Å². The number of aromatic nitrogens is 2. The second-order valence-corrected chi connectivity index (χ2v) is 8.02. The topological polar surface area (TPSA) is 73.2 Å². The molecule has 6 nitrogen and oxygen atoms in total. The number of thiophene rings is 1. The molecule has 32 heavy (non-hydrogen) atoms. The zero-order valence-electron chi connectivity index (χ0n) is 17.0. The lowest BCUT2D eigenvalue weighted by molar-refractivity contribution is -0.124. The second kappa shape index (κ2) is 10.0. The molecule has 0 saturated carbocycles. The molecule has 0 radical (unpaired) electrons. The Hall–Kier alpha value is -3.78. The van der Waals surface area contributed by atoms with E-state index in [9.17, 15) is 14.0 Å². The summed E-state index contributed by atoms with van der Waals surface area (Å²) in [4.78, 5) is 25.7.